The second kappa shape index (κ2) is 9.21. The number of methoxy groups -OCH3 is 1. The summed E-state index contributed by atoms with van der Waals surface area (Å²) in [6.45, 7) is 9.63. The highest BCUT2D eigenvalue weighted by Crippen LogP contribution is 2.23. The van der Waals surface area contributed by atoms with E-state index in [9.17, 15) is 0 Å². The summed E-state index contributed by atoms with van der Waals surface area (Å²) < 4.78 is 9.24. The van der Waals surface area contributed by atoms with E-state index in [1.54, 1.807) is 18.4 Å². The molecule has 1 aromatic carbocycles. The molecule has 2 heterocycles. The fourth-order valence-electron chi connectivity index (χ4n) is 2.93. The van der Waals surface area contributed by atoms with Crippen LogP contribution in [-0.4, -0.2) is 48.8 Å². The van der Waals surface area contributed by atoms with Crippen LogP contribution in [0.5, 0.6) is 5.75 Å². The number of piperazine rings is 1. The number of nitrogens with one attached hydrogen (secondary N) is 1. The molecule has 0 unspecified atom stereocenters. The Labute approximate surface area is 169 Å². The van der Waals surface area contributed by atoms with Crippen molar-refractivity contribution >= 4 is 41.0 Å². The van der Waals surface area contributed by atoms with Gasteiger partial charge in [-0.15, -0.1) is 5.10 Å². The standard InChI is InChI=1S/C18H26N4OS3/c1-14(2)12-25-17-19-22(18(24)26-17)13-20-8-10-21(11-9-20)15-4-6-16(23-3)7-5-15/h4-7,14H,8-13H2,1-3H3/p+1. The minimum absolute atomic E-state index is 0.669. The average Bonchev–Trinajstić information content (AvgIpc) is 3.00. The Hall–Kier alpha value is -1.09. The van der Waals surface area contributed by atoms with Gasteiger partial charge in [-0.25, -0.2) is 0 Å². The van der Waals surface area contributed by atoms with E-state index in [-0.39, 0.29) is 0 Å². The molecular formula is C18H27N4OS3+. The summed E-state index contributed by atoms with van der Waals surface area (Å²) in [5, 5.41) is 4.72. The summed E-state index contributed by atoms with van der Waals surface area (Å²) in [5.74, 6) is 2.67. The molecule has 1 saturated heterocycles. The van der Waals surface area contributed by atoms with Crippen molar-refractivity contribution in [1.29, 1.82) is 0 Å². The smallest absolute Gasteiger partial charge is 0.185 e. The van der Waals surface area contributed by atoms with Gasteiger partial charge in [-0.1, -0.05) is 36.9 Å². The van der Waals surface area contributed by atoms with E-state index in [4.69, 9.17) is 22.1 Å². The molecule has 5 nitrogen and oxygen atoms in total. The predicted molar refractivity (Wildman–Crippen MR) is 112 cm³/mol. The van der Waals surface area contributed by atoms with Gasteiger partial charge < -0.3 is 14.5 Å². The van der Waals surface area contributed by atoms with Gasteiger partial charge in [0.1, 0.15) is 5.75 Å². The van der Waals surface area contributed by atoms with Crippen molar-refractivity contribution in [1.82, 2.24) is 9.78 Å². The number of thioether (sulfide) groups is 1. The maximum atomic E-state index is 5.51. The van der Waals surface area contributed by atoms with E-state index in [0.29, 0.717) is 5.92 Å². The molecule has 0 amide bonds. The molecular weight excluding hydrogens is 384 g/mol. The van der Waals surface area contributed by atoms with E-state index in [1.807, 2.05) is 28.6 Å². The fourth-order valence-corrected chi connectivity index (χ4v) is 5.24. The molecule has 0 spiro atoms. The van der Waals surface area contributed by atoms with Crippen molar-refractivity contribution in [3.63, 3.8) is 0 Å². The Balaban J connectivity index is 1.53. The Morgan fingerprint density at radius 1 is 1.27 bits per heavy atom. The van der Waals surface area contributed by atoms with Gasteiger partial charge >= 0.3 is 0 Å². The molecule has 0 bridgehead atoms. The third kappa shape index (κ3) is 5.22. The lowest BCUT2D eigenvalue weighted by Gasteiger charge is -2.33. The summed E-state index contributed by atoms with van der Waals surface area (Å²) in [7, 11) is 1.70. The van der Waals surface area contributed by atoms with Crippen LogP contribution < -0.4 is 14.5 Å². The van der Waals surface area contributed by atoms with Crippen LogP contribution in [0.3, 0.4) is 0 Å². The third-order valence-corrected chi connectivity index (χ3v) is 7.28. The monoisotopic (exact) mass is 411 g/mol. The average molecular weight is 412 g/mol. The number of benzene rings is 1. The minimum Gasteiger partial charge on any atom is -0.497 e. The van der Waals surface area contributed by atoms with Crippen LogP contribution in [0.25, 0.3) is 0 Å². The summed E-state index contributed by atoms with van der Waals surface area (Å²) in [6.07, 6.45) is 0. The summed E-state index contributed by atoms with van der Waals surface area (Å²) in [4.78, 5) is 3.98. The van der Waals surface area contributed by atoms with Crippen molar-refractivity contribution in [3.05, 3.63) is 28.2 Å². The van der Waals surface area contributed by atoms with Crippen molar-refractivity contribution in [3.8, 4) is 5.75 Å². The lowest BCUT2D eigenvalue weighted by molar-refractivity contribution is -0.924. The second-order valence-electron chi connectivity index (χ2n) is 6.93. The van der Waals surface area contributed by atoms with Crippen LogP contribution in [-0.2, 0) is 6.67 Å². The first kappa shape index (κ1) is 19.7. The lowest BCUT2D eigenvalue weighted by atomic mass is 10.2. The first-order valence-corrected chi connectivity index (χ1v) is 11.2. The van der Waals surface area contributed by atoms with Gasteiger partial charge in [0.2, 0.25) is 0 Å². The Morgan fingerprint density at radius 2 is 1.96 bits per heavy atom. The van der Waals surface area contributed by atoms with Crippen LogP contribution in [0.4, 0.5) is 5.69 Å². The molecule has 1 N–H and O–H groups in total. The van der Waals surface area contributed by atoms with Crippen molar-refractivity contribution in [2.75, 3.05) is 43.9 Å². The lowest BCUT2D eigenvalue weighted by Crippen LogP contribution is -3.14. The Kier molecular flexibility index (Phi) is 6.97. The molecule has 1 aromatic heterocycles. The summed E-state index contributed by atoms with van der Waals surface area (Å²) >= 11 is 8.97. The van der Waals surface area contributed by atoms with Gasteiger partial charge in [-0.3, -0.25) is 0 Å². The fraction of sp³-hybridized carbons (Fsp3) is 0.556. The second-order valence-corrected chi connectivity index (χ2v) is 9.82. The van der Waals surface area contributed by atoms with E-state index >= 15 is 0 Å². The van der Waals surface area contributed by atoms with E-state index in [2.05, 4.69) is 30.9 Å². The molecule has 0 aliphatic carbocycles. The van der Waals surface area contributed by atoms with Crippen LogP contribution in [0.15, 0.2) is 28.6 Å². The molecule has 2 aromatic rings. The van der Waals surface area contributed by atoms with Gasteiger partial charge in [-0.2, -0.15) is 4.68 Å². The van der Waals surface area contributed by atoms with Gasteiger partial charge in [-0.05, 0) is 42.4 Å². The van der Waals surface area contributed by atoms with Crippen LogP contribution in [0.1, 0.15) is 13.8 Å². The minimum atomic E-state index is 0.669. The topological polar surface area (TPSA) is 34.7 Å². The van der Waals surface area contributed by atoms with Crippen LogP contribution >= 0.6 is 35.3 Å². The predicted octanol–water partition coefficient (Wildman–Crippen LogP) is 2.79. The highest BCUT2D eigenvalue weighted by Gasteiger charge is 2.21. The number of hydrogen-bond donors (Lipinski definition) is 1. The zero-order chi connectivity index (χ0) is 18.5. The highest BCUT2D eigenvalue weighted by molar-refractivity contribution is 8.01. The van der Waals surface area contributed by atoms with E-state index in [0.717, 1.165) is 52.6 Å². The largest absolute Gasteiger partial charge is 0.497 e. The maximum absolute atomic E-state index is 5.51. The van der Waals surface area contributed by atoms with Crippen molar-refractivity contribution < 1.29 is 9.64 Å². The van der Waals surface area contributed by atoms with E-state index in [1.165, 1.54) is 10.6 Å². The molecule has 8 heteroatoms. The van der Waals surface area contributed by atoms with Gasteiger partial charge in [0.25, 0.3) is 0 Å². The Morgan fingerprint density at radius 3 is 2.58 bits per heavy atom. The number of nitrogens with zero attached hydrogens (tertiary/aromatic N) is 3. The molecule has 0 atom stereocenters. The molecule has 26 heavy (non-hydrogen) atoms. The van der Waals surface area contributed by atoms with E-state index < -0.39 is 0 Å². The van der Waals surface area contributed by atoms with Crippen LogP contribution in [0.2, 0.25) is 0 Å². The normalized spacial score (nSPS) is 15.6. The van der Waals surface area contributed by atoms with Gasteiger partial charge in [0, 0.05) is 11.4 Å². The highest BCUT2D eigenvalue weighted by atomic mass is 32.2. The van der Waals surface area contributed by atoms with Gasteiger partial charge in [0.15, 0.2) is 15.0 Å². The summed E-state index contributed by atoms with van der Waals surface area (Å²) in [6, 6.07) is 8.33. The first-order valence-electron chi connectivity index (χ1n) is 8.98. The van der Waals surface area contributed by atoms with Crippen molar-refractivity contribution in [2.24, 2.45) is 5.92 Å². The number of ether oxygens (including phenoxy) is 1. The molecule has 142 valence electrons. The maximum Gasteiger partial charge on any atom is 0.185 e. The molecule has 0 radical (unpaired) electrons. The number of aromatic nitrogens is 2. The number of hydrogen-bond acceptors (Lipinski definition) is 6. The van der Waals surface area contributed by atoms with Gasteiger partial charge in [0.05, 0.1) is 33.3 Å². The molecule has 1 fully saturated rings. The zero-order valence-electron chi connectivity index (χ0n) is 15.6. The molecule has 1 aliphatic heterocycles. The molecule has 0 saturated carbocycles. The van der Waals surface area contributed by atoms with Crippen molar-refractivity contribution in [2.45, 2.75) is 24.9 Å². The third-order valence-electron chi connectivity index (χ3n) is 4.41. The van der Waals surface area contributed by atoms with Crippen LogP contribution in [0, 0.1) is 9.87 Å². The number of quaternary nitrogens is 1. The first-order chi connectivity index (χ1) is 12.5. The molecule has 3 rings (SSSR count). The zero-order valence-corrected chi connectivity index (χ0v) is 18.1. The summed E-state index contributed by atoms with van der Waals surface area (Å²) in [5.41, 5.74) is 1.27. The number of rotatable bonds is 7. The SMILES string of the molecule is COc1ccc(N2CC[NH+](Cn3nc(SCC(C)C)sc3=S)CC2)cc1. The quantitative estimate of drug-likeness (QED) is 0.560. The Bertz CT molecular complexity index is 749. The molecule has 1 aliphatic rings. The number of anilines is 1.